The summed E-state index contributed by atoms with van der Waals surface area (Å²) in [4.78, 5) is 29.4. The monoisotopic (exact) mass is 684 g/mol. The van der Waals surface area contributed by atoms with Crippen LogP contribution in [0.1, 0.15) is 72.0 Å². The summed E-state index contributed by atoms with van der Waals surface area (Å²) in [5.41, 5.74) is 5.12. The molecule has 1 amide bonds. The molecule has 1 spiro atoms. The number of carbonyl (C=O) groups is 2. The average molecular weight is 685 g/mol. The summed E-state index contributed by atoms with van der Waals surface area (Å²) in [6.45, 7) is 4.72. The third-order valence-corrected chi connectivity index (χ3v) is 13.3. The SMILES string of the molecule is CO[C@H]1/C=C/CCC[S@@](=O)(CC(=O)CCn2cccn2)=NC(=O)c2ccc3c(c2)N(C[C@@H]2CC[C@H]21)C[C@@]1(CCCc2cc(C)ccc21)CO3. The van der Waals surface area contributed by atoms with Crippen molar-refractivity contribution in [3.05, 3.63) is 89.3 Å². The molecule has 9 nitrogen and oxygen atoms in total. The van der Waals surface area contributed by atoms with Crippen LogP contribution in [0.4, 0.5) is 5.69 Å². The molecular weight excluding hydrogens is 637 g/mol. The van der Waals surface area contributed by atoms with Crippen LogP contribution in [0.2, 0.25) is 0 Å². The van der Waals surface area contributed by atoms with Gasteiger partial charge in [0, 0.05) is 62.3 Å². The van der Waals surface area contributed by atoms with Gasteiger partial charge in [0.05, 0.1) is 33.9 Å². The molecule has 0 N–H and O–H groups in total. The van der Waals surface area contributed by atoms with Crippen molar-refractivity contribution in [2.24, 2.45) is 16.2 Å². The van der Waals surface area contributed by atoms with Crippen molar-refractivity contribution in [1.29, 1.82) is 0 Å². The highest BCUT2D eigenvalue weighted by atomic mass is 32.2. The van der Waals surface area contributed by atoms with Gasteiger partial charge >= 0.3 is 0 Å². The molecule has 2 aromatic carbocycles. The third kappa shape index (κ3) is 7.26. The molecule has 49 heavy (non-hydrogen) atoms. The molecule has 3 heterocycles. The van der Waals surface area contributed by atoms with E-state index in [4.69, 9.17) is 9.47 Å². The number of hydrogen-bond acceptors (Lipinski definition) is 7. The van der Waals surface area contributed by atoms with E-state index in [-0.39, 0.29) is 35.2 Å². The van der Waals surface area contributed by atoms with Gasteiger partial charge in [0.1, 0.15) is 11.5 Å². The number of aryl methyl sites for hydroxylation is 3. The standard InChI is InChI=1S/C39H48N4O5S/c1-28-10-14-34-29(22-28)8-6-17-39(34)26-42-24-31-11-13-33(31)36(47-2)9-4-3-5-21-49(46,25-32(44)16-20-43-19-7-18-40-43)41-38(45)30-12-15-37(48-27-39)35(42)23-30/h4,7,9-10,12,14-15,18-19,22-23,31,33,36H,3,5-6,8,11,13,16-17,20-21,24-27H2,1-2H3/b9-4+/t31-,33+,36-,39-,49+/m0/s1. The van der Waals surface area contributed by atoms with Gasteiger partial charge < -0.3 is 14.4 Å². The molecule has 2 aliphatic carbocycles. The lowest BCUT2D eigenvalue weighted by Gasteiger charge is -2.46. The lowest BCUT2D eigenvalue weighted by atomic mass is 9.68. The maximum absolute atomic E-state index is 14.3. The lowest BCUT2D eigenvalue weighted by molar-refractivity contribution is -0.116. The van der Waals surface area contributed by atoms with Crippen LogP contribution >= 0.6 is 0 Å². The van der Waals surface area contributed by atoms with E-state index in [0.717, 1.165) is 56.6 Å². The second kappa shape index (κ2) is 14.2. The number of aromatic nitrogens is 2. The normalized spacial score (nSPS) is 29.1. The Hall–Kier alpha value is -3.76. The van der Waals surface area contributed by atoms with Crippen LogP contribution in [0.15, 0.2) is 71.4 Å². The van der Waals surface area contributed by atoms with Gasteiger partial charge in [-0.25, -0.2) is 4.21 Å². The van der Waals surface area contributed by atoms with E-state index in [2.05, 4.69) is 51.6 Å². The first-order chi connectivity index (χ1) is 23.7. The van der Waals surface area contributed by atoms with E-state index in [1.807, 2.05) is 12.1 Å². The summed E-state index contributed by atoms with van der Waals surface area (Å²) in [5.74, 6) is 0.748. The summed E-state index contributed by atoms with van der Waals surface area (Å²) in [5, 5.41) is 4.16. The van der Waals surface area contributed by atoms with Crippen molar-refractivity contribution in [2.45, 2.75) is 76.4 Å². The fourth-order valence-electron chi connectivity index (χ4n) is 8.35. The first-order valence-corrected chi connectivity index (χ1v) is 19.7. The van der Waals surface area contributed by atoms with Gasteiger partial charge in [-0.05, 0) is 99.1 Å². The van der Waals surface area contributed by atoms with Crippen LogP contribution in [0, 0.1) is 18.8 Å². The predicted octanol–water partition coefficient (Wildman–Crippen LogP) is 6.32. The Balaban J connectivity index is 1.25. The molecule has 260 valence electrons. The molecule has 1 aromatic heterocycles. The van der Waals surface area contributed by atoms with Crippen molar-refractivity contribution in [3.63, 3.8) is 0 Å². The number of nitrogens with zero attached hydrogens (tertiary/aromatic N) is 4. The van der Waals surface area contributed by atoms with Crippen LogP contribution in [-0.2, 0) is 37.6 Å². The van der Waals surface area contributed by atoms with Gasteiger partial charge in [-0.3, -0.25) is 14.3 Å². The summed E-state index contributed by atoms with van der Waals surface area (Å²) in [6, 6.07) is 14.1. The topological polar surface area (TPSA) is 103 Å². The number of ether oxygens (including phenoxy) is 2. The average Bonchev–Trinajstić information content (AvgIpc) is 3.55. The summed E-state index contributed by atoms with van der Waals surface area (Å²) in [6.07, 6.45) is 14.5. The van der Waals surface area contributed by atoms with Gasteiger partial charge in [0.25, 0.3) is 5.91 Å². The molecule has 1 fully saturated rings. The van der Waals surface area contributed by atoms with E-state index >= 15 is 0 Å². The van der Waals surface area contributed by atoms with E-state index in [0.29, 0.717) is 43.4 Å². The van der Waals surface area contributed by atoms with Crippen LogP contribution in [0.3, 0.4) is 0 Å². The summed E-state index contributed by atoms with van der Waals surface area (Å²) in [7, 11) is -1.36. The number of hydrogen-bond donors (Lipinski definition) is 0. The van der Waals surface area contributed by atoms with E-state index in [9.17, 15) is 13.8 Å². The largest absolute Gasteiger partial charge is 0.490 e. The quantitative estimate of drug-likeness (QED) is 0.280. The highest BCUT2D eigenvalue weighted by Gasteiger charge is 2.44. The molecule has 0 radical (unpaired) electrons. The first-order valence-electron chi connectivity index (χ1n) is 17.8. The highest BCUT2D eigenvalue weighted by Crippen LogP contribution is 2.46. The highest BCUT2D eigenvalue weighted by molar-refractivity contribution is 7.94. The van der Waals surface area contributed by atoms with Crippen LogP contribution in [0.25, 0.3) is 0 Å². The third-order valence-electron chi connectivity index (χ3n) is 11.1. The van der Waals surface area contributed by atoms with Crippen molar-refractivity contribution in [1.82, 2.24) is 9.78 Å². The molecule has 10 heteroatoms. The Morgan fingerprint density at radius 3 is 2.86 bits per heavy atom. The van der Waals surface area contributed by atoms with Gasteiger partial charge in [0.15, 0.2) is 0 Å². The number of benzene rings is 2. The van der Waals surface area contributed by atoms with Gasteiger partial charge in [0.2, 0.25) is 0 Å². The zero-order chi connectivity index (χ0) is 34.0. The Bertz CT molecular complexity index is 1850. The van der Waals surface area contributed by atoms with Crippen molar-refractivity contribution in [2.75, 3.05) is 43.2 Å². The minimum Gasteiger partial charge on any atom is -0.490 e. The minimum atomic E-state index is -3.15. The number of carbonyl (C=O) groups excluding carboxylic acids is 2. The maximum atomic E-state index is 14.3. The molecule has 7 rings (SSSR count). The molecule has 3 aromatic rings. The summed E-state index contributed by atoms with van der Waals surface area (Å²) < 4.78 is 33.0. The maximum Gasteiger partial charge on any atom is 0.285 e. The molecule has 4 aliphatic rings. The van der Waals surface area contributed by atoms with E-state index in [1.54, 1.807) is 36.3 Å². The minimum absolute atomic E-state index is 0.00692. The van der Waals surface area contributed by atoms with Crippen molar-refractivity contribution < 1.29 is 23.3 Å². The second-order valence-electron chi connectivity index (χ2n) is 14.5. The van der Waals surface area contributed by atoms with Gasteiger partial charge in [-0.1, -0.05) is 35.9 Å². The number of methoxy groups -OCH3 is 1. The Kier molecular flexibility index (Phi) is 9.79. The Morgan fingerprint density at radius 2 is 2.06 bits per heavy atom. The fourth-order valence-corrected chi connectivity index (χ4v) is 10.3. The number of Topliss-reactive ketones (excluding diaryl/α,β-unsaturated/α-hetero) is 1. The Morgan fingerprint density at radius 1 is 1.16 bits per heavy atom. The lowest BCUT2D eigenvalue weighted by Crippen LogP contribution is -2.49. The predicted molar refractivity (Wildman–Crippen MR) is 192 cm³/mol. The second-order valence-corrected chi connectivity index (χ2v) is 16.9. The number of allylic oxidation sites excluding steroid dienone is 1. The summed E-state index contributed by atoms with van der Waals surface area (Å²) >= 11 is 0. The number of ketones is 1. The van der Waals surface area contributed by atoms with E-state index < -0.39 is 15.6 Å². The molecule has 2 bridgehead atoms. The number of rotatable bonds is 6. The smallest absolute Gasteiger partial charge is 0.285 e. The fraction of sp³-hybridized carbons (Fsp3) is 0.513. The van der Waals surface area contributed by atoms with Crippen molar-refractivity contribution >= 4 is 27.1 Å². The van der Waals surface area contributed by atoms with E-state index in [1.165, 1.54) is 16.7 Å². The molecule has 1 saturated carbocycles. The molecular formula is C39H48N4O5S. The number of anilines is 1. The number of fused-ring (bicyclic) bond motifs is 4. The molecule has 2 aliphatic heterocycles. The van der Waals surface area contributed by atoms with Gasteiger partial charge in [-0.15, -0.1) is 0 Å². The van der Waals surface area contributed by atoms with Crippen LogP contribution in [0.5, 0.6) is 5.75 Å². The first kappa shape index (κ1) is 33.7. The molecule has 5 atom stereocenters. The molecule has 0 saturated heterocycles. The zero-order valence-electron chi connectivity index (χ0n) is 28.7. The van der Waals surface area contributed by atoms with Gasteiger partial charge in [-0.2, -0.15) is 9.46 Å². The van der Waals surface area contributed by atoms with Crippen LogP contribution < -0.4 is 9.64 Å². The van der Waals surface area contributed by atoms with Crippen molar-refractivity contribution in [3.8, 4) is 5.75 Å². The zero-order valence-corrected chi connectivity index (χ0v) is 29.5. The number of amides is 1. The Labute approximate surface area is 290 Å². The van der Waals surface area contributed by atoms with Crippen LogP contribution in [-0.4, -0.2) is 70.1 Å². The molecule has 0 unspecified atom stereocenters.